The van der Waals surface area contributed by atoms with E-state index in [0.29, 0.717) is 12.0 Å². The maximum Gasteiger partial charge on any atom is 0.171 e. The molecule has 0 saturated carbocycles. The van der Waals surface area contributed by atoms with Gasteiger partial charge >= 0.3 is 0 Å². The van der Waals surface area contributed by atoms with Crippen LogP contribution in [0.4, 0.5) is 5.82 Å². The molecule has 1 aliphatic heterocycles. The van der Waals surface area contributed by atoms with Gasteiger partial charge in [-0.25, -0.2) is 4.98 Å². The van der Waals surface area contributed by atoms with E-state index in [4.69, 9.17) is 10.5 Å². The summed E-state index contributed by atoms with van der Waals surface area (Å²) in [6.45, 7) is 8.22. The summed E-state index contributed by atoms with van der Waals surface area (Å²) in [7, 11) is 0. The maximum atomic E-state index is 6.17. The average molecular weight is 263 g/mol. The van der Waals surface area contributed by atoms with E-state index < -0.39 is 0 Å². The molecule has 0 amide bonds. The molecule has 2 atom stereocenters. The number of rotatable bonds is 4. The van der Waals surface area contributed by atoms with Crippen molar-refractivity contribution in [2.75, 3.05) is 18.0 Å². The third-order valence-corrected chi connectivity index (χ3v) is 3.73. The molecule has 19 heavy (non-hydrogen) atoms. The molecule has 2 unspecified atom stereocenters. The molecular weight excluding hydrogens is 238 g/mol. The van der Waals surface area contributed by atoms with Crippen LogP contribution in [-0.4, -0.2) is 30.2 Å². The lowest BCUT2D eigenvalue weighted by Crippen LogP contribution is -2.47. The van der Waals surface area contributed by atoms with Gasteiger partial charge in [-0.05, 0) is 38.3 Å². The third-order valence-electron chi connectivity index (χ3n) is 3.73. The molecule has 1 aliphatic rings. The number of nitrogens with zero attached hydrogens (tertiary/aromatic N) is 2. The molecule has 2 rings (SSSR count). The van der Waals surface area contributed by atoms with Crippen LogP contribution in [0.3, 0.4) is 0 Å². The third kappa shape index (κ3) is 3.38. The van der Waals surface area contributed by atoms with Gasteiger partial charge in [-0.1, -0.05) is 13.3 Å². The zero-order valence-corrected chi connectivity index (χ0v) is 12.2. The highest BCUT2D eigenvalue weighted by Crippen LogP contribution is 2.30. The van der Waals surface area contributed by atoms with Crippen molar-refractivity contribution in [2.45, 2.75) is 45.8 Å². The standard InChI is InChI=1S/C15H25N3O/c1-4-12-10-18(9-7-13(12)16)15-14(19-11(2)3)6-5-8-17-15/h5-6,8,11-13H,4,7,9-10,16H2,1-3H3. The predicted octanol–water partition coefficient (Wildman–Crippen LogP) is 2.43. The van der Waals surface area contributed by atoms with Gasteiger partial charge in [0.1, 0.15) is 0 Å². The average Bonchev–Trinajstić information content (AvgIpc) is 2.39. The molecule has 4 nitrogen and oxygen atoms in total. The van der Waals surface area contributed by atoms with Crippen LogP contribution in [0, 0.1) is 5.92 Å². The molecule has 1 saturated heterocycles. The van der Waals surface area contributed by atoms with E-state index in [1.807, 2.05) is 32.2 Å². The van der Waals surface area contributed by atoms with Crippen molar-refractivity contribution in [3.63, 3.8) is 0 Å². The second-order valence-electron chi connectivity index (χ2n) is 5.56. The lowest BCUT2D eigenvalue weighted by atomic mass is 9.91. The molecule has 0 radical (unpaired) electrons. The molecular formula is C15H25N3O. The molecule has 4 heteroatoms. The Kier molecular flexibility index (Phi) is 4.64. The molecule has 106 valence electrons. The first-order valence-electron chi connectivity index (χ1n) is 7.24. The maximum absolute atomic E-state index is 6.17. The number of nitrogens with two attached hydrogens (primary N) is 1. The Bertz CT molecular complexity index is 408. The lowest BCUT2D eigenvalue weighted by Gasteiger charge is -2.37. The van der Waals surface area contributed by atoms with Gasteiger partial charge in [-0.2, -0.15) is 0 Å². The van der Waals surface area contributed by atoms with Crippen molar-refractivity contribution in [3.8, 4) is 5.75 Å². The van der Waals surface area contributed by atoms with E-state index in [-0.39, 0.29) is 6.10 Å². The van der Waals surface area contributed by atoms with Gasteiger partial charge in [-0.15, -0.1) is 0 Å². The quantitative estimate of drug-likeness (QED) is 0.906. The van der Waals surface area contributed by atoms with Gasteiger partial charge in [0, 0.05) is 25.3 Å². The number of ether oxygens (including phenoxy) is 1. The highest BCUT2D eigenvalue weighted by atomic mass is 16.5. The van der Waals surface area contributed by atoms with Crippen molar-refractivity contribution < 1.29 is 4.74 Å². The van der Waals surface area contributed by atoms with Crippen LogP contribution in [-0.2, 0) is 0 Å². The van der Waals surface area contributed by atoms with Crippen molar-refractivity contribution in [3.05, 3.63) is 18.3 Å². The zero-order chi connectivity index (χ0) is 13.8. The summed E-state index contributed by atoms with van der Waals surface area (Å²) in [4.78, 5) is 6.82. The SMILES string of the molecule is CCC1CN(c2ncccc2OC(C)C)CCC1N. The minimum atomic E-state index is 0.164. The molecule has 1 fully saturated rings. The fraction of sp³-hybridized carbons (Fsp3) is 0.667. The zero-order valence-electron chi connectivity index (χ0n) is 12.2. The van der Waals surface area contributed by atoms with Crippen LogP contribution in [0.25, 0.3) is 0 Å². The molecule has 0 spiro atoms. The van der Waals surface area contributed by atoms with Crippen LogP contribution < -0.4 is 15.4 Å². The van der Waals surface area contributed by atoms with Crippen LogP contribution in [0.2, 0.25) is 0 Å². The highest BCUT2D eigenvalue weighted by molar-refractivity contribution is 5.52. The van der Waals surface area contributed by atoms with Crippen molar-refractivity contribution in [2.24, 2.45) is 11.7 Å². The minimum Gasteiger partial charge on any atom is -0.487 e. The van der Waals surface area contributed by atoms with E-state index in [1.54, 1.807) is 0 Å². The Labute approximate surface area is 116 Å². The van der Waals surface area contributed by atoms with E-state index in [9.17, 15) is 0 Å². The highest BCUT2D eigenvalue weighted by Gasteiger charge is 2.27. The topological polar surface area (TPSA) is 51.4 Å². The summed E-state index contributed by atoms with van der Waals surface area (Å²) in [6.07, 6.45) is 4.14. The summed E-state index contributed by atoms with van der Waals surface area (Å²) in [5.74, 6) is 2.38. The van der Waals surface area contributed by atoms with Crippen LogP contribution >= 0.6 is 0 Å². The first-order chi connectivity index (χ1) is 9.11. The van der Waals surface area contributed by atoms with Gasteiger partial charge in [0.15, 0.2) is 11.6 Å². The fourth-order valence-corrected chi connectivity index (χ4v) is 2.64. The second kappa shape index (κ2) is 6.24. The molecule has 1 aromatic rings. The fourth-order valence-electron chi connectivity index (χ4n) is 2.64. The summed E-state index contributed by atoms with van der Waals surface area (Å²) in [5, 5.41) is 0. The van der Waals surface area contributed by atoms with Gasteiger partial charge < -0.3 is 15.4 Å². The molecule has 0 bridgehead atoms. The first-order valence-corrected chi connectivity index (χ1v) is 7.24. The molecule has 2 N–H and O–H groups in total. The Morgan fingerprint density at radius 2 is 2.32 bits per heavy atom. The predicted molar refractivity (Wildman–Crippen MR) is 78.6 cm³/mol. The van der Waals surface area contributed by atoms with Crippen molar-refractivity contribution >= 4 is 5.82 Å². The monoisotopic (exact) mass is 263 g/mol. The molecule has 2 heterocycles. The molecule has 0 aromatic carbocycles. The van der Waals surface area contributed by atoms with Gasteiger partial charge in [-0.3, -0.25) is 0 Å². The summed E-state index contributed by atoms with van der Waals surface area (Å²) < 4.78 is 5.86. The number of pyridine rings is 1. The number of hydrogen-bond acceptors (Lipinski definition) is 4. The lowest BCUT2D eigenvalue weighted by molar-refractivity contribution is 0.240. The summed E-state index contributed by atoms with van der Waals surface area (Å²) in [5.41, 5.74) is 6.17. The Balaban J connectivity index is 2.17. The second-order valence-corrected chi connectivity index (χ2v) is 5.56. The largest absolute Gasteiger partial charge is 0.487 e. The number of aromatic nitrogens is 1. The summed E-state index contributed by atoms with van der Waals surface area (Å²) >= 11 is 0. The van der Waals surface area contributed by atoms with Gasteiger partial charge in [0.2, 0.25) is 0 Å². The first kappa shape index (κ1) is 14.1. The van der Waals surface area contributed by atoms with E-state index in [1.165, 1.54) is 0 Å². The smallest absolute Gasteiger partial charge is 0.171 e. The summed E-state index contributed by atoms with van der Waals surface area (Å²) in [6, 6.07) is 4.24. The van der Waals surface area contributed by atoms with Crippen LogP contribution in [0.5, 0.6) is 5.75 Å². The Morgan fingerprint density at radius 1 is 1.53 bits per heavy atom. The Hall–Kier alpha value is -1.29. The van der Waals surface area contributed by atoms with E-state index in [2.05, 4.69) is 16.8 Å². The van der Waals surface area contributed by atoms with Gasteiger partial charge in [0.05, 0.1) is 6.10 Å². The minimum absolute atomic E-state index is 0.164. The van der Waals surface area contributed by atoms with Gasteiger partial charge in [0.25, 0.3) is 0 Å². The van der Waals surface area contributed by atoms with Crippen LogP contribution in [0.1, 0.15) is 33.6 Å². The van der Waals surface area contributed by atoms with Crippen LogP contribution in [0.15, 0.2) is 18.3 Å². The number of piperidine rings is 1. The van der Waals surface area contributed by atoms with E-state index in [0.717, 1.165) is 37.5 Å². The molecule has 1 aromatic heterocycles. The van der Waals surface area contributed by atoms with Crippen molar-refractivity contribution in [1.82, 2.24) is 4.98 Å². The van der Waals surface area contributed by atoms with Crippen molar-refractivity contribution in [1.29, 1.82) is 0 Å². The Morgan fingerprint density at radius 3 is 3.00 bits per heavy atom. The normalized spacial score (nSPS) is 23.7. The number of anilines is 1. The number of hydrogen-bond donors (Lipinski definition) is 1. The molecule has 0 aliphatic carbocycles. The van der Waals surface area contributed by atoms with E-state index >= 15 is 0 Å².